The Hall–Kier alpha value is -1.89. The highest BCUT2D eigenvalue weighted by atomic mass is 79.9. The Kier molecular flexibility index (Phi) is 6.87. The van der Waals surface area contributed by atoms with E-state index in [1.165, 1.54) is 6.92 Å². The Morgan fingerprint density at radius 2 is 1.86 bits per heavy atom. The first-order valence-corrected chi connectivity index (χ1v) is 7.58. The van der Waals surface area contributed by atoms with Gasteiger partial charge in [-0.1, -0.05) is 28.1 Å². The Morgan fingerprint density at radius 1 is 1.24 bits per heavy atom. The zero-order valence-corrected chi connectivity index (χ0v) is 13.3. The van der Waals surface area contributed by atoms with Crippen molar-refractivity contribution in [3.05, 3.63) is 35.4 Å². The van der Waals surface area contributed by atoms with Gasteiger partial charge in [0, 0.05) is 10.9 Å². The minimum atomic E-state index is -0.751. The maximum atomic E-state index is 12.0. The van der Waals surface area contributed by atoms with Crippen LogP contribution in [0.1, 0.15) is 22.8 Å². The van der Waals surface area contributed by atoms with Crippen molar-refractivity contribution in [2.45, 2.75) is 19.4 Å². The lowest BCUT2D eigenvalue weighted by molar-refractivity contribution is -0.125. The van der Waals surface area contributed by atoms with Crippen molar-refractivity contribution in [1.29, 1.82) is 0 Å². The van der Waals surface area contributed by atoms with Crippen LogP contribution in [0.15, 0.2) is 24.3 Å². The summed E-state index contributed by atoms with van der Waals surface area (Å²) in [5, 5.41) is 5.75. The first-order valence-electron chi connectivity index (χ1n) is 6.46. The largest absolute Gasteiger partial charge is 0.368 e. The molecule has 0 fully saturated rings. The first-order chi connectivity index (χ1) is 9.93. The average Bonchev–Trinajstić information content (AvgIpc) is 2.45. The number of amides is 3. The summed E-state index contributed by atoms with van der Waals surface area (Å²) in [4.78, 5) is 34.2. The van der Waals surface area contributed by atoms with Gasteiger partial charge in [-0.2, -0.15) is 0 Å². The van der Waals surface area contributed by atoms with Gasteiger partial charge in [0.1, 0.15) is 6.04 Å². The van der Waals surface area contributed by atoms with Crippen LogP contribution in [0.2, 0.25) is 0 Å². The van der Waals surface area contributed by atoms with E-state index in [4.69, 9.17) is 5.73 Å². The molecule has 0 aliphatic heterocycles. The van der Waals surface area contributed by atoms with Crippen LogP contribution in [-0.2, 0) is 16.0 Å². The highest BCUT2D eigenvalue weighted by molar-refractivity contribution is 9.09. The molecule has 0 radical (unpaired) electrons. The van der Waals surface area contributed by atoms with Gasteiger partial charge in [0.15, 0.2) is 0 Å². The molecule has 21 heavy (non-hydrogen) atoms. The molecule has 1 atom stereocenters. The Labute approximate surface area is 131 Å². The minimum absolute atomic E-state index is 0.250. The maximum absolute atomic E-state index is 12.0. The zero-order chi connectivity index (χ0) is 15.8. The number of carbonyl (C=O) groups excluding carboxylic acids is 3. The SMILES string of the molecule is CC(NC(=O)c1ccc(CCBr)cc1)C(=O)NCC(N)=O. The molecular weight excluding hydrogens is 338 g/mol. The van der Waals surface area contributed by atoms with E-state index in [1.807, 2.05) is 12.1 Å². The molecule has 1 rings (SSSR count). The molecule has 1 aromatic rings. The molecule has 0 aromatic heterocycles. The number of halogens is 1. The summed E-state index contributed by atoms with van der Waals surface area (Å²) in [6.45, 7) is 1.29. The lowest BCUT2D eigenvalue weighted by Crippen LogP contribution is -2.46. The number of rotatable bonds is 7. The number of benzene rings is 1. The topological polar surface area (TPSA) is 101 Å². The number of aryl methyl sites for hydroxylation is 1. The molecule has 1 unspecified atom stereocenters. The predicted octanol–water partition coefficient (Wildman–Crippen LogP) is 0.344. The van der Waals surface area contributed by atoms with E-state index in [1.54, 1.807) is 12.1 Å². The van der Waals surface area contributed by atoms with Crippen molar-refractivity contribution in [3.8, 4) is 0 Å². The van der Waals surface area contributed by atoms with E-state index in [0.29, 0.717) is 5.56 Å². The summed E-state index contributed by atoms with van der Waals surface area (Å²) in [5.74, 6) is -1.44. The average molecular weight is 356 g/mol. The van der Waals surface area contributed by atoms with Crippen LogP contribution in [0.3, 0.4) is 0 Å². The number of alkyl halides is 1. The van der Waals surface area contributed by atoms with Crippen LogP contribution in [0.25, 0.3) is 0 Å². The van der Waals surface area contributed by atoms with Gasteiger partial charge in [-0.15, -0.1) is 0 Å². The van der Waals surface area contributed by atoms with Crippen molar-refractivity contribution >= 4 is 33.7 Å². The van der Waals surface area contributed by atoms with Crippen LogP contribution in [0.5, 0.6) is 0 Å². The maximum Gasteiger partial charge on any atom is 0.251 e. The minimum Gasteiger partial charge on any atom is -0.368 e. The smallest absolute Gasteiger partial charge is 0.251 e. The summed E-state index contributed by atoms with van der Waals surface area (Å²) in [6, 6.07) is 6.41. The Balaban J connectivity index is 2.55. The van der Waals surface area contributed by atoms with E-state index < -0.39 is 17.9 Å². The molecule has 7 heteroatoms. The molecule has 0 heterocycles. The third kappa shape index (κ3) is 5.95. The molecule has 0 bridgehead atoms. The lowest BCUT2D eigenvalue weighted by Gasteiger charge is -2.13. The molecule has 114 valence electrons. The molecule has 1 aromatic carbocycles. The summed E-state index contributed by atoms with van der Waals surface area (Å²) >= 11 is 3.35. The van der Waals surface area contributed by atoms with Crippen LogP contribution in [0.4, 0.5) is 0 Å². The number of primary amides is 1. The second-order valence-electron chi connectivity index (χ2n) is 4.52. The molecular formula is C14H18BrN3O3. The van der Waals surface area contributed by atoms with Crippen LogP contribution >= 0.6 is 15.9 Å². The molecule has 0 aliphatic carbocycles. The highest BCUT2D eigenvalue weighted by Crippen LogP contribution is 2.06. The second kappa shape index (κ2) is 8.41. The fourth-order valence-electron chi connectivity index (χ4n) is 1.60. The predicted molar refractivity (Wildman–Crippen MR) is 83.1 cm³/mol. The standard InChI is InChI=1S/C14H18BrN3O3/c1-9(13(20)17-8-12(16)19)18-14(21)11-4-2-10(3-5-11)6-7-15/h2-5,9H,6-8H2,1H3,(H2,16,19)(H,17,20)(H,18,21). The van der Waals surface area contributed by atoms with Crippen molar-refractivity contribution in [2.24, 2.45) is 5.73 Å². The molecule has 0 saturated heterocycles. The third-order valence-electron chi connectivity index (χ3n) is 2.78. The van der Waals surface area contributed by atoms with Gasteiger partial charge < -0.3 is 16.4 Å². The third-order valence-corrected chi connectivity index (χ3v) is 3.17. The number of carbonyl (C=O) groups is 3. The first kappa shape index (κ1) is 17.2. The van der Waals surface area contributed by atoms with Gasteiger partial charge in [0.05, 0.1) is 6.54 Å². The number of nitrogens with one attached hydrogen (secondary N) is 2. The summed E-state index contributed by atoms with van der Waals surface area (Å²) in [6.07, 6.45) is 0.883. The molecule has 0 spiro atoms. The van der Waals surface area contributed by atoms with Crippen molar-refractivity contribution in [1.82, 2.24) is 10.6 Å². The van der Waals surface area contributed by atoms with Crippen LogP contribution in [-0.4, -0.2) is 35.6 Å². The van der Waals surface area contributed by atoms with Gasteiger partial charge >= 0.3 is 0 Å². The normalized spacial score (nSPS) is 11.5. The van der Waals surface area contributed by atoms with Crippen LogP contribution < -0.4 is 16.4 Å². The molecule has 6 nitrogen and oxygen atoms in total. The number of hydrogen-bond donors (Lipinski definition) is 3. The van der Waals surface area contributed by atoms with Gasteiger partial charge in [-0.05, 0) is 31.0 Å². The Morgan fingerprint density at radius 3 is 2.38 bits per heavy atom. The zero-order valence-electron chi connectivity index (χ0n) is 11.7. The van der Waals surface area contributed by atoms with Crippen molar-refractivity contribution in [3.63, 3.8) is 0 Å². The quantitative estimate of drug-likeness (QED) is 0.614. The monoisotopic (exact) mass is 355 g/mol. The lowest BCUT2D eigenvalue weighted by atomic mass is 10.1. The number of nitrogens with two attached hydrogens (primary N) is 1. The van der Waals surface area contributed by atoms with E-state index in [2.05, 4.69) is 26.6 Å². The fraction of sp³-hybridized carbons (Fsp3) is 0.357. The fourth-order valence-corrected chi connectivity index (χ4v) is 2.06. The number of hydrogen-bond acceptors (Lipinski definition) is 3. The van der Waals surface area contributed by atoms with Crippen LogP contribution in [0, 0.1) is 0 Å². The van der Waals surface area contributed by atoms with Crippen molar-refractivity contribution < 1.29 is 14.4 Å². The van der Waals surface area contributed by atoms with Gasteiger partial charge in [-0.25, -0.2) is 0 Å². The van der Waals surface area contributed by atoms with Crippen molar-refractivity contribution in [2.75, 3.05) is 11.9 Å². The van der Waals surface area contributed by atoms with Gasteiger partial charge in [0.25, 0.3) is 5.91 Å². The Bertz CT molecular complexity index is 517. The van der Waals surface area contributed by atoms with E-state index in [9.17, 15) is 14.4 Å². The molecule has 0 aliphatic rings. The summed E-state index contributed by atoms with van der Waals surface area (Å²) in [5.41, 5.74) is 6.52. The summed E-state index contributed by atoms with van der Waals surface area (Å²) < 4.78 is 0. The van der Waals surface area contributed by atoms with Gasteiger partial charge in [-0.3, -0.25) is 14.4 Å². The van der Waals surface area contributed by atoms with Gasteiger partial charge in [0.2, 0.25) is 11.8 Å². The van der Waals surface area contributed by atoms with E-state index >= 15 is 0 Å². The molecule has 0 saturated carbocycles. The van der Waals surface area contributed by atoms with E-state index in [0.717, 1.165) is 17.3 Å². The second-order valence-corrected chi connectivity index (χ2v) is 5.31. The summed E-state index contributed by atoms with van der Waals surface area (Å²) in [7, 11) is 0. The van der Waals surface area contributed by atoms with E-state index in [-0.39, 0.29) is 12.5 Å². The highest BCUT2D eigenvalue weighted by Gasteiger charge is 2.16. The molecule has 3 amide bonds. The molecule has 4 N–H and O–H groups in total.